The van der Waals surface area contributed by atoms with Crippen molar-refractivity contribution in [1.29, 1.82) is 0 Å². The molecule has 0 aliphatic carbocycles. The molecule has 0 heterocycles. The summed E-state index contributed by atoms with van der Waals surface area (Å²) in [6, 6.07) is 16.3. The molecule has 3 aromatic carbocycles. The standard InChI is InChI=1S/C24H19BrCl2N4O5/c1-35-20-10-14(12-28-31-24(34)23(33)30-18-4-2-3-16(27)11-18)9-19(25)22(20)36-13-21(32)29-17-7-5-15(26)6-8-17/h2-12H,13H2,1H3,(H,29,32)(H,30,33)(H,31,34)/b28-12-. The molecule has 0 saturated heterocycles. The molecule has 0 fully saturated rings. The summed E-state index contributed by atoms with van der Waals surface area (Å²) < 4.78 is 11.5. The number of nitrogens with one attached hydrogen (secondary N) is 3. The minimum absolute atomic E-state index is 0.275. The third-order valence-corrected chi connectivity index (χ3v) is 5.47. The average molecular weight is 594 g/mol. The number of ether oxygens (including phenoxy) is 2. The number of anilines is 2. The Bertz CT molecular complexity index is 1300. The van der Waals surface area contributed by atoms with Crippen molar-refractivity contribution in [2.75, 3.05) is 24.4 Å². The highest BCUT2D eigenvalue weighted by atomic mass is 79.9. The molecule has 0 spiro atoms. The van der Waals surface area contributed by atoms with E-state index in [0.29, 0.717) is 43.0 Å². The molecule has 3 aromatic rings. The highest BCUT2D eigenvalue weighted by Gasteiger charge is 2.15. The summed E-state index contributed by atoms with van der Waals surface area (Å²) in [6.07, 6.45) is 1.31. The van der Waals surface area contributed by atoms with Gasteiger partial charge in [0.1, 0.15) is 0 Å². The first-order valence-corrected chi connectivity index (χ1v) is 11.8. The molecule has 0 atom stereocenters. The van der Waals surface area contributed by atoms with Crippen LogP contribution in [0.2, 0.25) is 10.0 Å². The fourth-order valence-corrected chi connectivity index (χ4v) is 3.68. The quantitative estimate of drug-likeness (QED) is 0.196. The van der Waals surface area contributed by atoms with Gasteiger partial charge in [-0.1, -0.05) is 29.3 Å². The van der Waals surface area contributed by atoms with E-state index in [-0.39, 0.29) is 12.5 Å². The van der Waals surface area contributed by atoms with Crippen LogP contribution in [-0.2, 0) is 14.4 Å². The molecular weight excluding hydrogens is 575 g/mol. The monoisotopic (exact) mass is 592 g/mol. The Kier molecular flexibility index (Phi) is 9.69. The maximum Gasteiger partial charge on any atom is 0.329 e. The van der Waals surface area contributed by atoms with E-state index in [1.165, 1.54) is 19.4 Å². The van der Waals surface area contributed by atoms with Gasteiger partial charge in [-0.2, -0.15) is 5.10 Å². The fraction of sp³-hybridized carbons (Fsp3) is 0.0833. The van der Waals surface area contributed by atoms with Crippen LogP contribution in [0.1, 0.15) is 5.56 Å². The van der Waals surface area contributed by atoms with E-state index in [0.717, 1.165) is 0 Å². The third-order valence-electron chi connectivity index (χ3n) is 4.40. The Morgan fingerprint density at radius 3 is 2.39 bits per heavy atom. The van der Waals surface area contributed by atoms with Crippen LogP contribution < -0.4 is 25.5 Å². The molecule has 3 amide bonds. The van der Waals surface area contributed by atoms with Gasteiger partial charge in [-0.3, -0.25) is 14.4 Å². The Labute approximate surface area is 224 Å². The van der Waals surface area contributed by atoms with Crippen molar-refractivity contribution in [3.63, 3.8) is 0 Å². The number of hydrogen-bond acceptors (Lipinski definition) is 6. The predicted octanol–water partition coefficient (Wildman–Crippen LogP) is 4.87. The van der Waals surface area contributed by atoms with Gasteiger partial charge in [0.05, 0.1) is 17.8 Å². The van der Waals surface area contributed by atoms with Crippen LogP contribution in [-0.4, -0.2) is 37.7 Å². The number of hydrazone groups is 1. The lowest BCUT2D eigenvalue weighted by molar-refractivity contribution is -0.136. The molecule has 0 aliphatic rings. The summed E-state index contributed by atoms with van der Waals surface area (Å²) in [6.45, 7) is -0.275. The molecule has 3 N–H and O–H groups in total. The van der Waals surface area contributed by atoms with Crippen molar-refractivity contribution in [2.24, 2.45) is 5.10 Å². The van der Waals surface area contributed by atoms with Crippen molar-refractivity contribution in [3.05, 3.63) is 80.7 Å². The number of amides is 3. The summed E-state index contributed by atoms with van der Waals surface area (Å²) in [5, 5.41) is 9.88. The largest absolute Gasteiger partial charge is 0.493 e. The van der Waals surface area contributed by atoms with E-state index < -0.39 is 11.8 Å². The van der Waals surface area contributed by atoms with E-state index in [4.69, 9.17) is 32.7 Å². The van der Waals surface area contributed by atoms with Crippen molar-refractivity contribution in [2.45, 2.75) is 0 Å². The maximum absolute atomic E-state index is 12.2. The summed E-state index contributed by atoms with van der Waals surface area (Å²) in [5.74, 6) is -1.64. The molecule has 0 radical (unpaired) electrons. The Morgan fingerprint density at radius 2 is 1.69 bits per heavy atom. The van der Waals surface area contributed by atoms with Gasteiger partial charge in [0.25, 0.3) is 5.91 Å². The lowest BCUT2D eigenvalue weighted by Gasteiger charge is -2.13. The zero-order valence-electron chi connectivity index (χ0n) is 18.7. The first-order chi connectivity index (χ1) is 17.2. The first-order valence-electron chi connectivity index (χ1n) is 10.2. The highest BCUT2D eigenvalue weighted by molar-refractivity contribution is 9.10. The molecular formula is C24H19BrCl2N4O5. The Hall–Kier alpha value is -3.60. The number of benzene rings is 3. The number of hydrogen-bond donors (Lipinski definition) is 3. The topological polar surface area (TPSA) is 118 Å². The number of carbonyl (C=O) groups excluding carboxylic acids is 3. The smallest absolute Gasteiger partial charge is 0.329 e. The Balaban J connectivity index is 1.57. The van der Waals surface area contributed by atoms with Gasteiger partial charge in [-0.25, -0.2) is 5.43 Å². The van der Waals surface area contributed by atoms with Gasteiger partial charge in [0.2, 0.25) is 0 Å². The molecule has 9 nitrogen and oxygen atoms in total. The molecule has 3 rings (SSSR count). The van der Waals surface area contributed by atoms with Gasteiger partial charge < -0.3 is 20.1 Å². The van der Waals surface area contributed by atoms with Crippen molar-refractivity contribution in [1.82, 2.24) is 5.43 Å². The third kappa shape index (κ3) is 7.98. The second-order valence-electron chi connectivity index (χ2n) is 7.04. The molecule has 0 bridgehead atoms. The summed E-state index contributed by atoms with van der Waals surface area (Å²) >= 11 is 15.1. The zero-order valence-corrected chi connectivity index (χ0v) is 21.8. The lowest BCUT2D eigenvalue weighted by Crippen LogP contribution is -2.32. The van der Waals surface area contributed by atoms with Crippen LogP contribution in [0, 0.1) is 0 Å². The number of carbonyl (C=O) groups is 3. The van der Waals surface area contributed by atoms with Crippen LogP contribution >= 0.6 is 39.1 Å². The van der Waals surface area contributed by atoms with Crippen LogP contribution in [0.25, 0.3) is 0 Å². The van der Waals surface area contributed by atoms with Gasteiger partial charge in [-0.15, -0.1) is 0 Å². The van der Waals surface area contributed by atoms with Gasteiger partial charge >= 0.3 is 11.8 Å². The zero-order chi connectivity index (χ0) is 26.1. The number of methoxy groups -OCH3 is 1. The minimum Gasteiger partial charge on any atom is -0.493 e. The molecule has 12 heteroatoms. The fourth-order valence-electron chi connectivity index (χ4n) is 2.79. The molecule has 0 aliphatic heterocycles. The van der Waals surface area contributed by atoms with Gasteiger partial charge in [0, 0.05) is 21.4 Å². The second kappa shape index (κ2) is 12.9. The lowest BCUT2D eigenvalue weighted by atomic mass is 10.2. The van der Waals surface area contributed by atoms with E-state index in [9.17, 15) is 14.4 Å². The Morgan fingerprint density at radius 1 is 0.944 bits per heavy atom. The van der Waals surface area contributed by atoms with Crippen molar-refractivity contribution in [3.8, 4) is 11.5 Å². The number of rotatable bonds is 8. The van der Waals surface area contributed by atoms with Crippen LogP contribution in [0.3, 0.4) is 0 Å². The summed E-state index contributed by atoms with van der Waals surface area (Å²) in [4.78, 5) is 36.2. The number of nitrogens with zero attached hydrogens (tertiary/aromatic N) is 1. The maximum atomic E-state index is 12.2. The summed E-state index contributed by atoms with van der Waals surface area (Å²) in [7, 11) is 1.44. The molecule has 0 aromatic heterocycles. The van der Waals surface area contributed by atoms with Gasteiger partial charge in [-0.05, 0) is 76.1 Å². The normalized spacial score (nSPS) is 10.6. The SMILES string of the molecule is COc1cc(/C=N\NC(=O)C(=O)Nc2cccc(Cl)c2)cc(Br)c1OCC(=O)Nc1ccc(Cl)cc1. The van der Waals surface area contributed by atoms with Crippen LogP contribution in [0.5, 0.6) is 11.5 Å². The second-order valence-corrected chi connectivity index (χ2v) is 8.77. The van der Waals surface area contributed by atoms with Crippen LogP contribution in [0.15, 0.2) is 70.2 Å². The van der Waals surface area contributed by atoms with E-state index >= 15 is 0 Å². The molecule has 0 saturated carbocycles. The molecule has 36 heavy (non-hydrogen) atoms. The number of halogens is 3. The summed E-state index contributed by atoms with van der Waals surface area (Å²) in [5.41, 5.74) is 3.61. The molecule has 0 unspecified atom stereocenters. The van der Waals surface area contributed by atoms with Crippen molar-refractivity contribution >= 4 is 74.4 Å². The average Bonchev–Trinajstić information content (AvgIpc) is 2.84. The first kappa shape index (κ1) is 27.0. The van der Waals surface area contributed by atoms with E-state index in [1.54, 1.807) is 54.6 Å². The van der Waals surface area contributed by atoms with Crippen molar-refractivity contribution < 1.29 is 23.9 Å². The highest BCUT2D eigenvalue weighted by Crippen LogP contribution is 2.36. The molecule has 186 valence electrons. The minimum atomic E-state index is -0.969. The van der Waals surface area contributed by atoms with E-state index in [2.05, 4.69) is 37.1 Å². The van der Waals surface area contributed by atoms with E-state index in [1.807, 2.05) is 0 Å². The van der Waals surface area contributed by atoms with Crippen LogP contribution in [0.4, 0.5) is 11.4 Å². The van der Waals surface area contributed by atoms with Gasteiger partial charge in [0.15, 0.2) is 18.1 Å². The predicted molar refractivity (Wildman–Crippen MR) is 142 cm³/mol.